The summed E-state index contributed by atoms with van der Waals surface area (Å²) >= 11 is 0. The monoisotopic (exact) mass is 344 g/mol. The summed E-state index contributed by atoms with van der Waals surface area (Å²) in [4.78, 5) is 11.8. The molecule has 25 heavy (non-hydrogen) atoms. The minimum absolute atomic E-state index is 0.0872. The van der Waals surface area contributed by atoms with E-state index in [2.05, 4.69) is 0 Å². The Balaban J connectivity index is 1.68. The van der Waals surface area contributed by atoms with Crippen LogP contribution in [0.4, 0.5) is 4.39 Å². The van der Waals surface area contributed by atoms with Crippen LogP contribution in [0.25, 0.3) is 0 Å². The first-order valence-corrected chi connectivity index (χ1v) is 7.94. The molecule has 4 nitrogen and oxygen atoms in total. The van der Waals surface area contributed by atoms with Crippen molar-refractivity contribution < 1.29 is 23.4 Å². The van der Waals surface area contributed by atoms with Crippen LogP contribution in [0.2, 0.25) is 0 Å². The smallest absolute Gasteiger partial charge is 0.338 e. The molecule has 0 unspecified atom stereocenters. The van der Waals surface area contributed by atoms with E-state index in [1.807, 2.05) is 30.3 Å². The van der Waals surface area contributed by atoms with Crippen molar-refractivity contribution in [1.82, 2.24) is 0 Å². The highest BCUT2D eigenvalue weighted by Crippen LogP contribution is 2.13. The Labute approximate surface area is 146 Å². The topological polar surface area (TPSA) is 44.8 Å². The Kier molecular flexibility index (Phi) is 7.66. The van der Waals surface area contributed by atoms with Gasteiger partial charge in [-0.2, -0.15) is 0 Å². The molecular weight excluding hydrogens is 323 g/mol. The molecule has 2 rings (SSSR count). The molecule has 0 aliphatic rings. The molecule has 2 aromatic carbocycles. The van der Waals surface area contributed by atoms with E-state index in [0.717, 1.165) is 11.3 Å². The van der Waals surface area contributed by atoms with E-state index < -0.39 is 5.97 Å². The van der Waals surface area contributed by atoms with E-state index in [9.17, 15) is 9.18 Å². The third-order valence-corrected chi connectivity index (χ3v) is 3.55. The van der Waals surface area contributed by atoms with Crippen LogP contribution >= 0.6 is 0 Å². The summed E-state index contributed by atoms with van der Waals surface area (Å²) in [5, 5.41) is 0. The molecule has 0 fully saturated rings. The summed E-state index contributed by atoms with van der Waals surface area (Å²) in [5.74, 6) is 0.311. The third kappa shape index (κ3) is 6.39. The van der Waals surface area contributed by atoms with E-state index in [-0.39, 0.29) is 6.61 Å². The lowest BCUT2D eigenvalue weighted by Crippen LogP contribution is -2.09. The second-order valence-corrected chi connectivity index (χ2v) is 5.36. The van der Waals surface area contributed by atoms with E-state index in [1.54, 1.807) is 31.4 Å². The van der Waals surface area contributed by atoms with Crippen molar-refractivity contribution in [2.24, 2.45) is 0 Å². The largest absolute Gasteiger partial charge is 0.497 e. The minimum atomic E-state index is -0.473. The number of hydrogen-bond acceptors (Lipinski definition) is 4. The SMILES string of the molecule is COc1ccc(COCC/C(=C\F)COC(=O)c2ccccc2)cc1. The molecule has 0 saturated carbocycles. The van der Waals surface area contributed by atoms with Gasteiger partial charge in [0.2, 0.25) is 0 Å². The number of esters is 1. The number of ether oxygens (including phenoxy) is 3. The van der Waals surface area contributed by atoms with Gasteiger partial charge < -0.3 is 14.2 Å². The van der Waals surface area contributed by atoms with Gasteiger partial charge in [-0.1, -0.05) is 30.3 Å². The van der Waals surface area contributed by atoms with Gasteiger partial charge in [-0.25, -0.2) is 9.18 Å². The van der Waals surface area contributed by atoms with Crippen LogP contribution in [0.3, 0.4) is 0 Å². The quantitative estimate of drug-likeness (QED) is 0.502. The van der Waals surface area contributed by atoms with Crippen molar-refractivity contribution in [2.75, 3.05) is 20.3 Å². The first-order valence-electron chi connectivity index (χ1n) is 7.94. The molecule has 0 aliphatic heterocycles. The van der Waals surface area contributed by atoms with E-state index in [1.165, 1.54) is 0 Å². The molecule has 0 heterocycles. The van der Waals surface area contributed by atoms with Gasteiger partial charge in [0.1, 0.15) is 12.4 Å². The Hall–Kier alpha value is -2.66. The standard InChI is InChI=1S/C20H21FO4/c1-23-19-9-7-16(8-10-19)14-24-12-11-17(13-21)15-25-20(22)18-5-3-2-4-6-18/h2-10,13H,11-12,14-15H2,1H3/b17-13+. The average Bonchev–Trinajstić information content (AvgIpc) is 2.68. The summed E-state index contributed by atoms with van der Waals surface area (Å²) in [7, 11) is 1.61. The summed E-state index contributed by atoms with van der Waals surface area (Å²) in [6, 6.07) is 16.1. The van der Waals surface area contributed by atoms with Gasteiger partial charge in [0.05, 0.1) is 32.2 Å². The number of carbonyl (C=O) groups excluding carboxylic acids is 1. The molecule has 0 saturated heterocycles. The molecule has 0 atom stereocenters. The Bertz CT molecular complexity index is 681. The highest BCUT2D eigenvalue weighted by atomic mass is 19.1. The normalized spacial score (nSPS) is 11.2. The number of rotatable bonds is 9. The van der Waals surface area contributed by atoms with E-state index in [0.29, 0.717) is 37.1 Å². The maximum atomic E-state index is 12.9. The van der Waals surface area contributed by atoms with Crippen LogP contribution in [0.5, 0.6) is 5.75 Å². The Morgan fingerprint density at radius 2 is 1.80 bits per heavy atom. The number of methoxy groups -OCH3 is 1. The number of halogens is 1. The molecule has 5 heteroatoms. The van der Waals surface area contributed by atoms with Gasteiger partial charge in [0, 0.05) is 0 Å². The first-order chi connectivity index (χ1) is 12.2. The molecule has 132 valence electrons. The molecule has 0 radical (unpaired) electrons. The van der Waals surface area contributed by atoms with Crippen molar-refractivity contribution in [1.29, 1.82) is 0 Å². The predicted molar refractivity (Wildman–Crippen MR) is 93.2 cm³/mol. The summed E-state index contributed by atoms with van der Waals surface area (Å²) in [6.07, 6.45) is 0.823. The van der Waals surface area contributed by atoms with Crippen LogP contribution in [0.1, 0.15) is 22.3 Å². The Morgan fingerprint density at radius 3 is 2.44 bits per heavy atom. The molecule has 0 amide bonds. The zero-order valence-electron chi connectivity index (χ0n) is 14.1. The van der Waals surface area contributed by atoms with Gasteiger partial charge >= 0.3 is 5.97 Å². The maximum Gasteiger partial charge on any atom is 0.338 e. The lowest BCUT2D eigenvalue weighted by atomic mass is 10.2. The fourth-order valence-electron chi connectivity index (χ4n) is 2.09. The number of hydrogen-bond donors (Lipinski definition) is 0. The molecule has 2 aromatic rings. The van der Waals surface area contributed by atoms with Crippen molar-refractivity contribution >= 4 is 5.97 Å². The van der Waals surface area contributed by atoms with Gasteiger partial charge in [-0.3, -0.25) is 0 Å². The summed E-state index contributed by atoms with van der Waals surface area (Å²) in [6.45, 7) is 0.675. The van der Waals surface area contributed by atoms with Crippen molar-refractivity contribution in [3.8, 4) is 5.75 Å². The zero-order chi connectivity index (χ0) is 17.9. The zero-order valence-corrected chi connectivity index (χ0v) is 14.1. The molecule has 0 bridgehead atoms. The predicted octanol–water partition coefficient (Wildman–Crippen LogP) is 4.31. The second-order valence-electron chi connectivity index (χ2n) is 5.36. The molecule has 0 aliphatic carbocycles. The molecule has 0 spiro atoms. The lowest BCUT2D eigenvalue weighted by Gasteiger charge is -2.09. The summed E-state index contributed by atoms with van der Waals surface area (Å²) < 4.78 is 28.6. The second kappa shape index (κ2) is 10.3. The van der Waals surface area contributed by atoms with Crippen molar-refractivity contribution in [3.63, 3.8) is 0 Å². The van der Waals surface area contributed by atoms with Crippen LogP contribution in [-0.4, -0.2) is 26.3 Å². The number of benzene rings is 2. The molecular formula is C20H21FO4. The Morgan fingerprint density at radius 1 is 1.08 bits per heavy atom. The highest BCUT2D eigenvalue weighted by Gasteiger charge is 2.08. The highest BCUT2D eigenvalue weighted by molar-refractivity contribution is 5.89. The van der Waals surface area contributed by atoms with Crippen LogP contribution in [0, 0.1) is 0 Å². The molecule has 0 N–H and O–H groups in total. The average molecular weight is 344 g/mol. The van der Waals surface area contributed by atoms with Gasteiger partial charge in [0.15, 0.2) is 0 Å². The van der Waals surface area contributed by atoms with Crippen molar-refractivity contribution in [2.45, 2.75) is 13.0 Å². The van der Waals surface area contributed by atoms with Gasteiger partial charge in [0.25, 0.3) is 0 Å². The minimum Gasteiger partial charge on any atom is -0.497 e. The van der Waals surface area contributed by atoms with Gasteiger partial charge in [-0.15, -0.1) is 0 Å². The fourth-order valence-corrected chi connectivity index (χ4v) is 2.09. The van der Waals surface area contributed by atoms with E-state index >= 15 is 0 Å². The van der Waals surface area contributed by atoms with E-state index in [4.69, 9.17) is 14.2 Å². The first kappa shape index (κ1) is 18.7. The van der Waals surface area contributed by atoms with Crippen LogP contribution in [0.15, 0.2) is 66.5 Å². The fraction of sp³-hybridized carbons (Fsp3) is 0.250. The lowest BCUT2D eigenvalue weighted by molar-refractivity contribution is 0.0528. The van der Waals surface area contributed by atoms with Gasteiger partial charge in [-0.05, 0) is 41.8 Å². The van der Waals surface area contributed by atoms with Crippen LogP contribution < -0.4 is 4.74 Å². The molecule has 0 aromatic heterocycles. The maximum absolute atomic E-state index is 12.9. The third-order valence-electron chi connectivity index (χ3n) is 3.55. The van der Waals surface area contributed by atoms with Crippen LogP contribution in [-0.2, 0) is 16.1 Å². The van der Waals surface area contributed by atoms with Crippen molar-refractivity contribution in [3.05, 3.63) is 77.6 Å². The number of carbonyl (C=O) groups is 1. The summed E-state index contributed by atoms with van der Waals surface area (Å²) in [5.41, 5.74) is 1.82.